The normalized spacial score (nSPS) is 10.6. The lowest BCUT2D eigenvalue weighted by Crippen LogP contribution is -2.21. The molecule has 3 amide bonds. The standard InChI is InChI=1S/C18H20ClN3O.C18H21N3O.C14H12N2O/c1-3-22(4-2)17-11-5-14(6-12-17)13-20-21-18(23)15-7-9-16(19)10-8-15;1-3-21(4-2)17-12-10-15(11-13-17)14-19-20-18(22)16-8-6-5-7-9-16;17-14(13-9-5-2-6-10-13)16-15-11-12-7-3-1-4-8-12/h5-13H,3-4H2,1-2H3,(H,21,23);5-14H,3-4H2,1-2H3,(H,20,22);1-11H,(H,16,17)/b20-13+;19-14+;15-11+. The molecular formula is C50H53ClN8O3. The maximum absolute atomic E-state index is 11.9. The first kappa shape index (κ1) is 47.3. The van der Waals surface area contributed by atoms with E-state index in [1.165, 1.54) is 11.4 Å². The zero-order valence-corrected chi connectivity index (χ0v) is 36.2. The fraction of sp³-hybridized carbons (Fsp3) is 0.160. The van der Waals surface area contributed by atoms with E-state index >= 15 is 0 Å². The molecule has 0 unspecified atom stereocenters. The number of benzene rings is 6. The molecule has 0 saturated carbocycles. The molecule has 62 heavy (non-hydrogen) atoms. The predicted molar refractivity (Wildman–Crippen MR) is 256 cm³/mol. The number of hydrazone groups is 3. The Morgan fingerprint density at radius 1 is 0.419 bits per heavy atom. The lowest BCUT2D eigenvalue weighted by atomic mass is 10.2. The van der Waals surface area contributed by atoms with Gasteiger partial charge in [-0.1, -0.05) is 103 Å². The summed E-state index contributed by atoms with van der Waals surface area (Å²) < 4.78 is 0. The molecule has 6 aromatic rings. The molecule has 318 valence electrons. The largest absolute Gasteiger partial charge is 0.372 e. The second-order valence-electron chi connectivity index (χ2n) is 13.3. The molecule has 0 aliphatic carbocycles. The number of carbonyl (C=O) groups is 3. The molecule has 0 saturated heterocycles. The van der Waals surface area contributed by atoms with Crippen molar-refractivity contribution in [3.05, 3.63) is 202 Å². The van der Waals surface area contributed by atoms with Gasteiger partial charge in [-0.2, -0.15) is 15.3 Å². The first-order valence-corrected chi connectivity index (χ1v) is 20.7. The van der Waals surface area contributed by atoms with E-state index in [-0.39, 0.29) is 17.7 Å². The van der Waals surface area contributed by atoms with Crippen LogP contribution >= 0.6 is 11.6 Å². The molecule has 0 radical (unpaired) electrons. The summed E-state index contributed by atoms with van der Waals surface area (Å²) in [5.41, 5.74) is 14.4. The molecule has 0 spiro atoms. The zero-order valence-electron chi connectivity index (χ0n) is 35.5. The molecule has 0 aliphatic rings. The summed E-state index contributed by atoms with van der Waals surface area (Å²) in [6, 6.07) is 50.4. The number of amides is 3. The van der Waals surface area contributed by atoms with Crippen LogP contribution in [0.25, 0.3) is 0 Å². The van der Waals surface area contributed by atoms with E-state index in [2.05, 4.69) is 93.3 Å². The molecule has 0 bridgehead atoms. The van der Waals surface area contributed by atoms with Gasteiger partial charge in [0.05, 0.1) is 18.6 Å². The van der Waals surface area contributed by atoms with Crippen LogP contribution in [0.5, 0.6) is 0 Å². The minimum atomic E-state index is -0.266. The van der Waals surface area contributed by atoms with Crippen LogP contribution in [-0.2, 0) is 0 Å². The minimum Gasteiger partial charge on any atom is -0.372 e. The molecule has 0 aromatic heterocycles. The summed E-state index contributed by atoms with van der Waals surface area (Å²) >= 11 is 5.79. The summed E-state index contributed by atoms with van der Waals surface area (Å²) in [6.45, 7) is 12.4. The molecule has 12 heteroatoms. The van der Waals surface area contributed by atoms with Gasteiger partial charge in [0, 0.05) is 59.3 Å². The molecule has 0 atom stereocenters. The van der Waals surface area contributed by atoms with Crippen molar-refractivity contribution in [3.8, 4) is 0 Å². The highest BCUT2D eigenvalue weighted by Gasteiger charge is 2.05. The minimum absolute atomic E-state index is 0.210. The SMILES string of the molecule is CCN(CC)c1ccc(/C=N/NC(=O)c2ccc(Cl)cc2)cc1.CCN(CC)c1ccc(/C=N/NC(=O)c2ccccc2)cc1.O=C(N/N=C/c1ccccc1)c1ccccc1. The van der Waals surface area contributed by atoms with Gasteiger partial charge in [0.2, 0.25) is 0 Å². The quantitative estimate of drug-likeness (QED) is 0.0700. The van der Waals surface area contributed by atoms with Crippen LogP contribution in [0.2, 0.25) is 5.02 Å². The smallest absolute Gasteiger partial charge is 0.271 e. The van der Waals surface area contributed by atoms with Gasteiger partial charge in [-0.15, -0.1) is 0 Å². The Hall–Kier alpha value is -7.37. The molecule has 0 aliphatic heterocycles. The van der Waals surface area contributed by atoms with Gasteiger partial charge in [-0.05, 0) is 117 Å². The van der Waals surface area contributed by atoms with E-state index in [0.29, 0.717) is 21.7 Å². The molecule has 6 aromatic carbocycles. The lowest BCUT2D eigenvalue weighted by Gasteiger charge is -2.20. The Balaban J connectivity index is 0.000000207. The van der Waals surface area contributed by atoms with E-state index in [1.807, 2.05) is 91.0 Å². The number of nitrogens with zero attached hydrogens (tertiary/aromatic N) is 5. The Bertz CT molecular complexity index is 2320. The third kappa shape index (κ3) is 16.4. The van der Waals surface area contributed by atoms with Crippen LogP contribution in [-0.4, -0.2) is 62.5 Å². The summed E-state index contributed by atoms with van der Waals surface area (Å²) in [4.78, 5) is 39.9. The number of nitrogens with one attached hydrogen (secondary N) is 3. The van der Waals surface area contributed by atoms with Crippen molar-refractivity contribution in [2.75, 3.05) is 36.0 Å². The highest BCUT2D eigenvalue weighted by atomic mass is 35.5. The van der Waals surface area contributed by atoms with Crippen molar-refractivity contribution >= 4 is 59.3 Å². The average molecular weight is 849 g/mol. The number of halogens is 1. The van der Waals surface area contributed by atoms with Crippen molar-refractivity contribution in [1.82, 2.24) is 16.3 Å². The van der Waals surface area contributed by atoms with Crippen LogP contribution in [0.15, 0.2) is 179 Å². The number of hydrogen-bond donors (Lipinski definition) is 3. The van der Waals surface area contributed by atoms with Gasteiger partial charge >= 0.3 is 0 Å². The van der Waals surface area contributed by atoms with Crippen molar-refractivity contribution in [3.63, 3.8) is 0 Å². The van der Waals surface area contributed by atoms with Gasteiger partial charge < -0.3 is 9.80 Å². The molecule has 6 rings (SSSR count). The fourth-order valence-electron chi connectivity index (χ4n) is 5.73. The molecule has 3 N–H and O–H groups in total. The summed E-state index contributed by atoms with van der Waals surface area (Å²) in [5.74, 6) is -0.688. The van der Waals surface area contributed by atoms with Crippen LogP contribution in [0.3, 0.4) is 0 Å². The van der Waals surface area contributed by atoms with E-state index in [4.69, 9.17) is 11.6 Å². The van der Waals surface area contributed by atoms with Gasteiger partial charge in [-0.25, -0.2) is 16.3 Å². The van der Waals surface area contributed by atoms with Crippen molar-refractivity contribution in [1.29, 1.82) is 0 Å². The van der Waals surface area contributed by atoms with E-state index in [1.54, 1.807) is 67.2 Å². The van der Waals surface area contributed by atoms with Crippen LogP contribution in [0.1, 0.15) is 75.5 Å². The summed E-state index contributed by atoms with van der Waals surface area (Å²) in [5, 5.41) is 12.5. The highest BCUT2D eigenvalue weighted by molar-refractivity contribution is 6.30. The number of anilines is 2. The van der Waals surface area contributed by atoms with Crippen molar-refractivity contribution in [2.24, 2.45) is 15.3 Å². The molecule has 0 heterocycles. The lowest BCUT2D eigenvalue weighted by molar-refractivity contribution is 0.0947. The van der Waals surface area contributed by atoms with E-state index in [9.17, 15) is 14.4 Å². The predicted octanol–water partition coefficient (Wildman–Crippen LogP) is 9.70. The first-order chi connectivity index (χ1) is 30.2. The molecule has 0 fully saturated rings. The van der Waals surface area contributed by atoms with Gasteiger partial charge in [0.1, 0.15) is 0 Å². The zero-order chi connectivity index (χ0) is 44.4. The Morgan fingerprint density at radius 2 is 0.710 bits per heavy atom. The second kappa shape index (κ2) is 26.7. The Labute approximate surface area is 369 Å². The number of rotatable bonds is 15. The Kier molecular flexibility index (Phi) is 20.4. The molecule has 11 nitrogen and oxygen atoms in total. The van der Waals surface area contributed by atoms with Crippen LogP contribution in [0, 0.1) is 0 Å². The summed E-state index contributed by atoms with van der Waals surface area (Å²) in [7, 11) is 0. The first-order valence-electron chi connectivity index (χ1n) is 20.3. The van der Waals surface area contributed by atoms with Gasteiger partial charge in [0.25, 0.3) is 17.7 Å². The average Bonchev–Trinajstić information content (AvgIpc) is 3.32. The third-order valence-corrected chi connectivity index (χ3v) is 9.41. The van der Waals surface area contributed by atoms with Crippen molar-refractivity contribution in [2.45, 2.75) is 27.7 Å². The van der Waals surface area contributed by atoms with E-state index < -0.39 is 0 Å². The van der Waals surface area contributed by atoms with Crippen LogP contribution < -0.4 is 26.1 Å². The number of carbonyl (C=O) groups excluding carboxylic acids is 3. The van der Waals surface area contributed by atoms with Crippen molar-refractivity contribution < 1.29 is 14.4 Å². The maximum Gasteiger partial charge on any atom is 0.271 e. The number of hydrogen-bond acceptors (Lipinski definition) is 8. The van der Waals surface area contributed by atoms with Gasteiger partial charge in [0.15, 0.2) is 0 Å². The topological polar surface area (TPSA) is 131 Å². The molecular weight excluding hydrogens is 796 g/mol. The monoisotopic (exact) mass is 848 g/mol. The highest BCUT2D eigenvalue weighted by Crippen LogP contribution is 2.15. The fourth-order valence-corrected chi connectivity index (χ4v) is 5.86. The maximum atomic E-state index is 11.9. The summed E-state index contributed by atoms with van der Waals surface area (Å²) in [6.07, 6.45) is 4.88. The second-order valence-corrected chi connectivity index (χ2v) is 13.7. The van der Waals surface area contributed by atoms with Crippen LogP contribution in [0.4, 0.5) is 11.4 Å². The van der Waals surface area contributed by atoms with E-state index in [0.717, 1.165) is 42.9 Å². The van der Waals surface area contributed by atoms with Gasteiger partial charge in [-0.3, -0.25) is 14.4 Å². The third-order valence-electron chi connectivity index (χ3n) is 9.16. The Morgan fingerprint density at radius 3 is 1.03 bits per heavy atom.